The topological polar surface area (TPSA) is 73.0 Å². The fraction of sp³-hybridized carbons (Fsp3) is 0.632. The third-order valence-electron chi connectivity index (χ3n) is 5.54. The van der Waals surface area contributed by atoms with Gasteiger partial charge in [-0.15, -0.1) is 0 Å². The molecular weight excluding hydrogens is 400 g/mol. The highest BCUT2D eigenvalue weighted by molar-refractivity contribution is 7.89. The van der Waals surface area contributed by atoms with Gasteiger partial charge in [-0.2, -0.15) is 0 Å². The van der Waals surface area contributed by atoms with Crippen molar-refractivity contribution in [2.24, 2.45) is 0 Å². The van der Waals surface area contributed by atoms with Crippen molar-refractivity contribution in [1.29, 1.82) is 0 Å². The molecule has 0 bridgehead atoms. The molecule has 1 amide bonds. The van der Waals surface area contributed by atoms with Gasteiger partial charge >= 0.3 is 0 Å². The molecule has 1 aromatic rings. The second-order valence-electron chi connectivity index (χ2n) is 7.55. The average molecular weight is 429 g/mol. The second kappa shape index (κ2) is 9.54. The molecule has 1 aromatic carbocycles. The van der Waals surface area contributed by atoms with Crippen molar-refractivity contribution in [1.82, 2.24) is 19.4 Å². The molecule has 9 heteroatoms. The lowest BCUT2D eigenvalue weighted by Crippen LogP contribution is -2.55. The van der Waals surface area contributed by atoms with Crippen LogP contribution in [0.5, 0.6) is 0 Å². The number of amides is 1. The lowest BCUT2D eigenvalue weighted by Gasteiger charge is -2.42. The molecule has 1 atom stereocenters. The van der Waals surface area contributed by atoms with Crippen LogP contribution in [0, 0.1) is 0 Å². The fourth-order valence-electron chi connectivity index (χ4n) is 3.96. The number of nitrogens with zero attached hydrogens (tertiary/aromatic N) is 3. The summed E-state index contributed by atoms with van der Waals surface area (Å²) in [6, 6.07) is 6.86. The van der Waals surface area contributed by atoms with E-state index in [1.165, 1.54) is 31.5 Å². The van der Waals surface area contributed by atoms with E-state index in [1.54, 1.807) is 12.1 Å². The highest BCUT2D eigenvalue weighted by Gasteiger charge is 2.28. The molecule has 2 fully saturated rings. The van der Waals surface area contributed by atoms with E-state index in [0.717, 1.165) is 19.6 Å². The quantitative estimate of drug-likeness (QED) is 0.738. The predicted molar refractivity (Wildman–Crippen MR) is 110 cm³/mol. The summed E-state index contributed by atoms with van der Waals surface area (Å²) in [4.78, 5) is 19.2. The first-order chi connectivity index (χ1) is 13.4. The number of sulfonamides is 1. The van der Waals surface area contributed by atoms with E-state index in [1.807, 2.05) is 4.90 Å². The van der Waals surface area contributed by atoms with Crippen molar-refractivity contribution in [2.75, 3.05) is 52.9 Å². The number of hydrogen-bond acceptors (Lipinski definition) is 5. The second-order valence-corrected chi connectivity index (χ2v) is 9.70. The Labute approximate surface area is 172 Å². The standard InChI is InChI=1S/C19H29ClN4O3S/c1-22-10-4-5-16(15-22)23-11-13-24(14-12-23)19(25)8-9-21-28(26,27)18-7-3-2-6-17(18)20/h2-3,6-7,16,21H,4-5,8-15H2,1H3. The largest absolute Gasteiger partial charge is 0.340 e. The lowest BCUT2D eigenvalue weighted by atomic mass is 10.0. The maximum atomic E-state index is 12.5. The van der Waals surface area contributed by atoms with Crippen LogP contribution in [0.2, 0.25) is 5.02 Å². The molecule has 0 radical (unpaired) electrons. The Hall–Kier alpha value is -1.19. The van der Waals surface area contributed by atoms with Gasteiger partial charge in [-0.25, -0.2) is 13.1 Å². The minimum absolute atomic E-state index is 0.0118. The number of nitrogens with one attached hydrogen (secondary N) is 1. The van der Waals surface area contributed by atoms with E-state index in [0.29, 0.717) is 19.1 Å². The molecule has 2 aliphatic heterocycles. The van der Waals surface area contributed by atoms with Gasteiger partial charge in [0.05, 0.1) is 5.02 Å². The van der Waals surface area contributed by atoms with Gasteiger partial charge in [-0.1, -0.05) is 23.7 Å². The number of likely N-dealkylation sites (tertiary alicyclic amines) is 1. The number of halogens is 1. The minimum atomic E-state index is -3.71. The maximum Gasteiger partial charge on any atom is 0.242 e. The van der Waals surface area contributed by atoms with Crippen LogP contribution in [-0.4, -0.2) is 87.9 Å². The molecule has 0 spiro atoms. The van der Waals surface area contributed by atoms with Crippen LogP contribution in [-0.2, 0) is 14.8 Å². The monoisotopic (exact) mass is 428 g/mol. The van der Waals surface area contributed by atoms with Gasteiger partial charge in [0.2, 0.25) is 15.9 Å². The highest BCUT2D eigenvalue weighted by atomic mass is 35.5. The Morgan fingerprint density at radius 2 is 1.89 bits per heavy atom. The highest BCUT2D eigenvalue weighted by Crippen LogP contribution is 2.20. The zero-order valence-electron chi connectivity index (χ0n) is 16.3. The van der Waals surface area contributed by atoms with Crippen LogP contribution >= 0.6 is 11.6 Å². The van der Waals surface area contributed by atoms with Gasteiger partial charge in [0, 0.05) is 51.7 Å². The summed E-state index contributed by atoms with van der Waals surface area (Å²) in [5.41, 5.74) is 0. The van der Waals surface area contributed by atoms with Crippen molar-refractivity contribution >= 4 is 27.5 Å². The molecule has 28 heavy (non-hydrogen) atoms. The van der Waals surface area contributed by atoms with Gasteiger partial charge in [0.1, 0.15) is 4.90 Å². The number of likely N-dealkylation sites (N-methyl/N-ethyl adjacent to an activating group) is 1. The maximum absolute atomic E-state index is 12.5. The van der Waals surface area contributed by atoms with Crippen molar-refractivity contribution in [3.63, 3.8) is 0 Å². The summed E-state index contributed by atoms with van der Waals surface area (Å²) in [5, 5.41) is 0.172. The number of benzene rings is 1. The first kappa shape index (κ1) is 21.5. The van der Waals surface area contributed by atoms with Crippen molar-refractivity contribution < 1.29 is 13.2 Å². The molecule has 2 aliphatic rings. The number of piperidine rings is 1. The summed E-state index contributed by atoms with van der Waals surface area (Å²) in [6.07, 6.45) is 2.60. The van der Waals surface area contributed by atoms with Crippen LogP contribution in [0.25, 0.3) is 0 Å². The Morgan fingerprint density at radius 3 is 2.57 bits per heavy atom. The number of carbonyl (C=O) groups excluding carboxylic acids is 1. The normalized spacial score (nSPS) is 22.4. The lowest BCUT2D eigenvalue weighted by molar-refractivity contribution is -0.133. The summed E-state index contributed by atoms with van der Waals surface area (Å²) in [7, 11) is -1.55. The summed E-state index contributed by atoms with van der Waals surface area (Å²) in [5.74, 6) is -0.0118. The number of carbonyl (C=O) groups is 1. The number of hydrogen-bond donors (Lipinski definition) is 1. The zero-order valence-corrected chi connectivity index (χ0v) is 17.9. The molecule has 0 aromatic heterocycles. The molecule has 0 saturated carbocycles. The minimum Gasteiger partial charge on any atom is -0.340 e. The molecule has 2 saturated heterocycles. The summed E-state index contributed by atoms with van der Waals surface area (Å²) in [6.45, 7) is 5.51. The van der Waals surface area contributed by atoms with Gasteiger partial charge in [0.15, 0.2) is 0 Å². The van der Waals surface area contributed by atoms with Crippen molar-refractivity contribution in [2.45, 2.75) is 30.2 Å². The average Bonchev–Trinajstić information content (AvgIpc) is 2.68. The van der Waals surface area contributed by atoms with E-state index < -0.39 is 10.0 Å². The molecule has 2 heterocycles. The van der Waals surface area contributed by atoms with E-state index in [-0.39, 0.29) is 28.8 Å². The van der Waals surface area contributed by atoms with Crippen molar-refractivity contribution in [3.05, 3.63) is 29.3 Å². The summed E-state index contributed by atoms with van der Waals surface area (Å²) < 4.78 is 27.1. The van der Waals surface area contributed by atoms with Gasteiger partial charge in [-0.05, 0) is 38.6 Å². The predicted octanol–water partition coefficient (Wildman–Crippen LogP) is 1.25. The molecular formula is C19H29ClN4O3S. The molecule has 7 nitrogen and oxygen atoms in total. The molecule has 1 unspecified atom stereocenters. The van der Waals surface area contributed by atoms with Crippen LogP contribution in [0.15, 0.2) is 29.2 Å². The molecule has 0 aliphatic carbocycles. The third-order valence-corrected chi connectivity index (χ3v) is 7.50. The van der Waals surface area contributed by atoms with Crippen LogP contribution in [0.3, 0.4) is 0 Å². The summed E-state index contributed by atoms with van der Waals surface area (Å²) >= 11 is 5.96. The Kier molecular flexibility index (Phi) is 7.33. The molecule has 1 N–H and O–H groups in total. The number of piperazine rings is 1. The van der Waals surface area contributed by atoms with Crippen LogP contribution in [0.1, 0.15) is 19.3 Å². The van der Waals surface area contributed by atoms with E-state index in [9.17, 15) is 13.2 Å². The third kappa shape index (κ3) is 5.45. The van der Waals surface area contributed by atoms with Crippen molar-refractivity contribution in [3.8, 4) is 0 Å². The van der Waals surface area contributed by atoms with Crippen LogP contribution < -0.4 is 4.72 Å². The zero-order chi connectivity index (χ0) is 20.1. The van der Waals surface area contributed by atoms with Gasteiger partial charge in [0.25, 0.3) is 0 Å². The van der Waals surface area contributed by atoms with E-state index >= 15 is 0 Å². The van der Waals surface area contributed by atoms with Gasteiger partial charge in [-0.3, -0.25) is 9.69 Å². The molecule has 156 valence electrons. The first-order valence-corrected chi connectivity index (χ1v) is 11.7. The SMILES string of the molecule is CN1CCCC(N2CCN(C(=O)CCNS(=O)(=O)c3ccccc3Cl)CC2)C1. The first-order valence-electron chi connectivity index (χ1n) is 9.81. The Morgan fingerprint density at radius 1 is 1.18 bits per heavy atom. The fourth-order valence-corrected chi connectivity index (χ4v) is 5.51. The van der Waals surface area contributed by atoms with E-state index in [4.69, 9.17) is 11.6 Å². The smallest absolute Gasteiger partial charge is 0.242 e. The Balaban J connectivity index is 1.43. The molecule has 3 rings (SSSR count). The Bertz CT molecular complexity index is 781. The number of rotatable bonds is 6. The van der Waals surface area contributed by atoms with E-state index in [2.05, 4.69) is 21.6 Å². The van der Waals surface area contributed by atoms with Gasteiger partial charge < -0.3 is 9.80 Å². The van der Waals surface area contributed by atoms with Crippen LogP contribution in [0.4, 0.5) is 0 Å².